The molecule has 6 heteroatoms. The number of para-hydroxylation sites is 1. The van der Waals surface area contributed by atoms with Gasteiger partial charge in [0.25, 0.3) is 0 Å². The third-order valence-electron chi connectivity index (χ3n) is 13.2. The predicted octanol–water partition coefficient (Wildman–Crippen LogP) is 8.10. The van der Waals surface area contributed by atoms with Crippen LogP contribution in [0.2, 0.25) is 0 Å². The zero-order valence-electron chi connectivity index (χ0n) is 34.9. The Morgan fingerprint density at radius 2 is 1.03 bits per heavy atom. The number of nitrogens with zero attached hydrogens (tertiary/aromatic N) is 3. The second-order valence-electron chi connectivity index (χ2n) is 16.5. The van der Waals surface area contributed by atoms with E-state index in [1.807, 2.05) is 18.5 Å². The van der Waals surface area contributed by atoms with Crippen LogP contribution in [0.1, 0.15) is 0 Å². The van der Waals surface area contributed by atoms with E-state index in [2.05, 4.69) is 235 Å². The van der Waals surface area contributed by atoms with Gasteiger partial charge in [0, 0.05) is 29.0 Å². The molecule has 0 spiro atoms. The number of pyridine rings is 2. The van der Waals surface area contributed by atoms with Crippen LogP contribution in [0.3, 0.4) is 0 Å². The molecule has 0 aliphatic carbocycles. The van der Waals surface area contributed by atoms with E-state index in [1.54, 1.807) is 0 Å². The summed E-state index contributed by atoms with van der Waals surface area (Å²) in [6.45, 7) is 0. The standard InChI is InChI=1S/C58H41N3OSi2/c1-5-22-44(23-6-1)63(45-24-7-2-8-25-45,48-30-17-20-42(40-48)51-33-15-16-38-59-51)49-31-18-21-43(41-49)61-52-36-37-55-57(56(52)50-32-19-39-60-58(50)61)62-53-34-13-14-35-54(53)64(55,46-26-9-3-10-27-46)47-28-11-4-12-29-47/h1-41H. The molecule has 11 aromatic rings. The Kier molecular flexibility index (Phi) is 9.14. The molecule has 1 aliphatic rings. The fraction of sp³-hybridized carbons (Fsp3) is 0. The monoisotopic (exact) mass is 851 g/mol. The summed E-state index contributed by atoms with van der Waals surface area (Å²) in [7, 11) is -5.86. The van der Waals surface area contributed by atoms with Crippen LogP contribution in [0.15, 0.2) is 249 Å². The van der Waals surface area contributed by atoms with E-state index >= 15 is 0 Å². The van der Waals surface area contributed by atoms with Crippen molar-refractivity contribution >= 4 is 79.6 Å². The second-order valence-corrected chi connectivity index (χ2v) is 24.0. The van der Waals surface area contributed by atoms with Gasteiger partial charge in [0.15, 0.2) is 16.1 Å². The lowest BCUT2D eigenvalue weighted by molar-refractivity contribution is 0.493. The number of ether oxygens (including phenoxy) is 1. The third kappa shape index (κ3) is 5.73. The average molecular weight is 852 g/mol. The maximum atomic E-state index is 7.24. The zero-order valence-corrected chi connectivity index (χ0v) is 36.9. The van der Waals surface area contributed by atoms with E-state index in [0.717, 1.165) is 50.4 Å². The predicted molar refractivity (Wildman–Crippen MR) is 269 cm³/mol. The van der Waals surface area contributed by atoms with E-state index in [0.29, 0.717) is 0 Å². The molecular formula is C58H41N3OSi2. The van der Waals surface area contributed by atoms with Gasteiger partial charge in [-0.3, -0.25) is 9.55 Å². The highest BCUT2D eigenvalue weighted by Crippen LogP contribution is 2.41. The molecule has 1 aliphatic heterocycles. The van der Waals surface area contributed by atoms with Crippen LogP contribution in [-0.2, 0) is 0 Å². The lowest BCUT2D eigenvalue weighted by Crippen LogP contribution is -2.76. The summed E-state index contributed by atoms with van der Waals surface area (Å²) in [6.07, 6.45) is 3.78. The van der Waals surface area contributed by atoms with E-state index in [9.17, 15) is 0 Å². The van der Waals surface area contributed by atoms with Gasteiger partial charge in [0.2, 0.25) is 0 Å². The van der Waals surface area contributed by atoms with Crippen molar-refractivity contribution in [3.05, 3.63) is 249 Å². The molecule has 12 rings (SSSR count). The molecule has 64 heavy (non-hydrogen) atoms. The minimum absolute atomic E-state index is 0.890. The number of hydrogen-bond donors (Lipinski definition) is 0. The summed E-state index contributed by atoms with van der Waals surface area (Å²) in [4.78, 5) is 9.96. The number of rotatable bonds is 8. The molecule has 8 aromatic carbocycles. The Labute approximate surface area is 374 Å². The van der Waals surface area contributed by atoms with E-state index in [1.165, 1.54) is 41.5 Å². The fourth-order valence-electron chi connectivity index (χ4n) is 10.6. The SMILES string of the molecule is c1ccc([Si](c2ccccc2)(c2cccc(-c3ccccn3)c2)c2cccc(-n3c4ccc5c(c4c4cccnc43)Oc3ccccc3[Si]5(c3ccccc3)c3ccccc3)c2)cc1. The molecule has 0 saturated heterocycles. The highest BCUT2D eigenvalue weighted by Gasteiger charge is 2.49. The first-order valence-electron chi connectivity index (χ1n) is 21.8. The summed E-state index contributed by atoms with van der Waals surface area (Å²) in [6, 6.07) is 86.5. The van der Waals surface area contributed by atoms with Crippen LogP contribution in [0, 0.1) is 0 Å². The molecule has 0 N–H and O–H groups in total. The summed E-state index contributed by atoms with van der Waals surface area (Å²) < 4.78 is 9.59. The molecule has 4 nitrogen and oxygen atoms in total. The van der Waals surface area contributed by atoms with Gasteiger partial charge in [0.1, 0.15) is 17.1 Å². The fourth-order valence-corrected chi connectivity index (χ4v) is 20.3. The summed E-state index contributed by atoms with van der Waals surface area (Å²) in [5, 5.41) is 12.4. The Balaban J connectivity index is 1.14. The highest BCUT2D eigenvalue weighted by molar-refractivity contribution is 7.21. The molecule has 0 atom stereocenters. The number of fused-ring (bicyclic) bond motifs is 6. The number of aromatic nitrogens is 3. The molecule has 4 heterocycles. The van der Waals surface area contributed by atoms with Gasteiger partial charge in [-0.05, 0) is 90.0 Å². The van der Waals surface area contributed by atoms with Crippen LogP contribution < -0.4 is 46.2 Å². The summed E-state index contributed by atoms with van der Waals surface area (Å²) in [5.41, 5.74) is 5.05. The topological polar surface area (TPSA) is 39.9 Å². The van der Waals surface area contributed by atoms with Crippen molar-refractivity contribution in [2.24, 2.45) is 0 Å². The first-order valence-corrected chi connectivity index (χ1v) is 25.8. The Morgan fingerprint density at radius 1 is 0.438 bits per heavy atom. The molecule has 0 fully saturated rings. The average Bonchev–Trinajstić information content (AvgIpc) is 3.72. The Hall–Kier alpha value is -7.91. The minimum Gasteiger partial charge on any atom is -0.457 e. The van der Waals surface area contributed by atoms with Crippen LogP contribution in [-0.4, -0.2) is 30.7 Å². The molecule has 0 bridgehead atoms. The smallest absolute Gasteiger partial charge is 0.188 e. The van der Waals surface area contributed by atoms with Gasteiger partial charge in [-0.15, -0.1) is 0 Å². The van der Waals surface area contributed by atoms with Crippen molar-refractivity contribution < 1.29 is 4.74 Å². The van der Waals surface area contributed by atoms with E-state index in [4.69, 9.17) is 14.7 Å². The molecule has 302 valence electrons. The van der Waals surface area contributed by atoms with Crippen molar-refractivity contribution in [1.82, 2.24) is 14.5 Å². The van der Waals surface area contributed by atoms with Gasteiger partial charge in [-0.25, -0.2) is 4.98 Å². The Bertz CT molecular complexity index is 3390. The largest absolute Gasteiger partial charge is 0.457 e. The minimum atomic E-state index is -2.98. The van der Waals surface area contributed by atoms with Crippen LogP contribution in [0.25, 0.3) is 38.9 Å². The normalized spacial score (nSPS) is 12.9. The molecule has 0 amide bonds. The number of hydrogen-bond acceptors (Lipinski definition) is 3. The first-order chi connectivity index (χ1) is 31.8. The molecule has 0 saturated carbocycles. The summed E-state index contributed by atoms with van der Waals surface area (Å²) in [5.74, 6) is 1.82. The molecule has 0 radical (unpaired) electrons. The Morgan fingerprint density at radius 3 is 1.72 bits per heavy atom. The van der Waals surface area contributed by atoms with Crippen molar-refractivity contribution in [3.8, 4) is 28.4 Å². The van der Waals surface area contributed by atoms with Crippen LogP contribution in [0.4, 0.5) is 0 Å². The zero-order chi connectivity index (χ0) is 42.5. The number of benzene rings is 8. The van der Waals surface area contributed by atoms with Gasteiger partial charge in [0.05, 0.1) is 16.6 Å². The summed E-state index contributed by atoms with van der Waals surface area (Å²) >= 11 is 0. The highest BCUT2D eigenvalue weighted by atomic mass is 28.3. The lowest BCUT2D eigenvalue weighted by Gasteiger charge is -2.39. The van der Waals surface area contributed by atoms with Crippen LogP contribution >= 0.6 is 0 Å². The van der Waals surface area contributed by atoms with Crippen molar-refractivity contribution in [2.75, 3.05) is 0 Å². The van der Waals surface area contributed by atoms with Gasteiger partial charge < -0.3 is 4.74 Å². The van der Waals surface area contributed by atoms with Crippen LogP contribution in [0.5, 0.6) is 11.5 Å². The van der Waals surface area contributed by atoms with Crippen molar-refractivity contribution in [2.45, 2.75) is 0 Å². The molecular weight excluding hydrogens is 811 g/mol. The maximum absolute atomic E-state index is 7.24. The second kappa shape index (κ2) is 15.5. The van der Waals surface area contributed by atoms with E-state index < -0.39 is 16.1 Å². The quantitative estimate of drug-likeness (QED) is 0.115. The lowest BCUT2D eigenvalue weighted by atomic mass is 10.1. The van der Waals surface area contributed by atoms with Crippen molar-refractivity contribution in [1.29, 1.82) is 0 Å². The van der Waals surface area contributed by atoms with Gasteiger partial charge in [-0.2, -0.15) is 0 Å². The molecule has 3 aromatic heterocycles. The maximum Gasteiger partial charge on any atom is 0.188 e. The van der Waals surface area contributed by atoms with E-state index in [-0.39, 0.29) is 0 Å². The van der Waals surface area contributed by atoms with Gasteiger partial charge >= 0.3 is 0 Å². The molecule has 0 unspecified atom stereocenters. The first kappa shape index (κ1) is 37.8. The van der Waals surface area contributed by atoms with Crippen molar-refractivity contribution in [3.63, 3.8) is 0 Å². The third-order valence-corrected chi connectivity index (χ3v) is 22.7. The van der Waals surface area contributed by atoms with Gasteiger partial charge in [-0.1, -0.05) is 188 Å².